The molecule has 0 saturated carbocycles. The standard InChI is InChI=1S/C23H25BrClN3O4S/c1-2-21(29)28-11-9-15-12-17(24)13-20(22(15)28)33(31,32)27-10-3-4-16(14-27)23(30)26-19-7-5-18(25)6-8-19/h5-8,12-13,16H,2-4,9-11,14H2,1H3,(H,26,30). The summed E-state index contributed by atoms with van der Waals surface area (Å²) < 4.78 is 29.5. The third-order valence-corrected chi connectivity index (χ3v) is 8.67. The molecule has 2 heterocycles. The van der Waals surface area contributed by atoms with E-state index in [2.05, 4.69) is 21.2 Å². The molecule has 1 atom stereocenters. The van der Waals surface area contributed by atoms with Crippen LogP contribution in [0.25, 0.3) is 0 Å². The van der Waals surface area contributed by atoms with Crippen molar-refractivity contribution in [3.05, 3.63) is 51.5 Å². The SMILES string of the molecule is CCC(=O)N1CCc2cc(Br)cc(S(=O)(=O)N3CCCC(C(=O)Nc4ccc(Cl)cc4)C3)c21. The molecule has 2 aliphatic rings. The van der Waals surface area contributed by atoms with Crippen molar-refractivity contribution in [1.29, 1.82) is 0 Å². The Morgan fingerprint density at radius 1 is 1.18 bits per heavy atom. The van der Waals surface area contributed by atoms with Gasteiger partial charge in [-0.25, -0.2) is 8.42 Å². The number of carbonyl (C=O) groups excluding carboxylic acids is 2. The van der Waals surface area contributed by atoms with Crippen molar-refractivity contribution in [3.63, 3.8) is 0 Å². The highest BCUT2D eigenvalue weighted by atomic mass is 79.9. The number of hydrogen-bond acceptors (Lipinski definition) is 4. The van der Waals surface area contributed by atoms with Crippen LogP contribution >= 0.6 is 27.5 Å². The van der Waals surface area contributed by atoms with Gasteiger partial charge >= 0.3 is 0 Å². The van der Waals surface area contributed by atoms with Crippen LogP contribution in [0.4, 0.5) is 11.4 Å². The molecule has 1 unspecified atom stereocenters. The molecule has 0 radical (unpaired) electrons. The van der Waals surface area contributed by atoms with Crippen LogP contribution in [-0.2, 0) is 26.0 Å². The average molecular weight is 555 g/mol. The van der Waals surface area contributed by atoms with Gasteiger partial charge in [0.1, 0.15) is 4.90 Å². The van der Waals surface area contributed by atoms with Crippen molar-refractivity contribution in [3.8, 4) is 0 Å². The van der Waals surface area contributed by atoms with Gasteiger partial charge in [-0.15, -0.1) is 0 Å². The van der Waals surface area contributed by atoms with Crippen LogP contribution in [-0.4, -0.2) is 44.2 Å². The van der Waals surface area contributed by atoms with Crippen LogP contribution < -0.4 is 10.2 Å². The summed E-state index contributed by atoms with van der Waals surface area (Å²) in [6, 6.07) is 10.2. The molecule has 0 bridgehead atoms. The Kier molecular flexibility index (Phi) is 7.14. The molecule has 0 spiro atoms. The normalized spacial score (nSPS) is 18.8. The fourth-order valence-corrected chi connectivity index (χ4v) is 6.97. The maximum Gasteiger partial charge on any atom is 0.245 e. The first-order chi connectivity index (χ1) is 15.7. The summed E-state index contributed by atoms with van der Waals surface area (Å²) in [5, 5.41) is 3.42. The minimum absolute atomic E-state index is 0.0881. The number of benzene rings is 2. The quantitative estimate of drug-likeness (QED) is 0.592. The number of rotatable bonds is 5. The zero-order chi connectivity index (χ0) is 23.8. The smallest absolute Gasteiger partial charge is 0.245 e. The molecule has 2 aliphatic heterocycles. The topological polar surface area (TPSA) is 86.8 Å². The summed E-state index contributed by atoms with van der Waals surface area (Å²) in [6.07, 6.45) is 2.08. The fourth-order valence-electron chi connectivity index (χ4n) is 4.40. The van der Waals surface area contributed by atoms with Gasteiger partial charge in [0.15, 0.2) is 0 Å². The van der Waals surface area contributed by atoms with Gasteiger partial charge in [-0.3, -0.25) is 9.59 Å². The number of sulfonamides is 1. The lowest BCUT2D eigenvalue weighted by molar-refractivity contribution is -0.121. The molecule has 1 saturated heterocycles. The molecule has 33 heavy (non-hydrogen) atoms. The number of hydrogen-bond donors (Lipinski definition) is 1. The third-order valence-electron chi connectivity index (χ3n) is 6.08. The number of nitrogens with zero attached hydrogens (tertiary/aromatic N) is 2. The molecule has 7 nitrogen and oxygen atoms in total. The second-order valence-corrected chi connectivity index (χ2v) is 11.5. The highest BCUT2D eigenvalue weighted by molar-refractivity contribution is 9.10. The Balaban J connectivity index is 1.60. The largest absolute Gasteiger partial charge is 0.326 e. The van der Waals surface area contributed by atoms with E-state index in [-0.39, 0.29) is 23.3 Å². The van der Waals surface area contributed by atoms with E-state index in [9.17, 15) is 18.0 Å². The molecule has 0 aromatic heterocycles. The van der Waals surface area contributed by atoms with Crippen LogP contribution in [0.3, 0.4) is 0 Å². The molecule has 4 rings (SSSR count). The van der Waals surface area contributed by atoms with E-state index in [4.69, 9.17) is 11.6 Å². The third kappa shape index (κ3) is 4.96. The zero-order valence-electron chi connectivity index (χ0n) is 18.2. The summed E-state index contributed by atoms with van der Waals surface area (Å²) in [5.41, 5.74) is 1.92. The maximum absolute atomic E-state index is 13.7. The number of carbonyl (C=O) groups is 2. The average Bonchev–Trinajstić information content (AvgIpc) is 3.23. The molecule has 176 valence electrons. The maximum atomic E-state index is 13.7. The van der Waals surface area contributed by atoms with Crippen molar-refractivity contribution in [2.45, 2.75) is 37.5 Å². The number of piperidine rings is 1. The van der Waals surface area contributed by atoms with Gasteiger partial charge in [0.25, 0.3) is 0 Å². The number of halogens is 2. The highest BCUT2D eigenvalue weighted by Crippen LogP contribution is 2.40. The number of amides is 2. The molecule has 1 fully saturated rings. The van der Waals surface area contributed by atoms with Crippen LogP contribution in [0.15, 0.2) is 45.8 Å². The van der Waals surface area contributed by atoms with Crippen molar-refractivity contribution in [2.24, 2.45) is 5.92 Å². The van der Waals surface area contributed by atoms with Gasteiger partial charge in [-0.1, -0.05) is 34.5 Å². The van der Waals surface area contributed by atoms with Gasteiger partial charge in [-0.05, 0) is 61.2 Å². The van der Waals surface area contributed by atoms with Crippen molar-refractivity contribution < 1.29 is 18.0 Å². The van der Waals surface area contributed by atoms with Crippen LogP contribution in [0.5, 0.6) is 0 Å². The lowest BCUT2D eigenvalue weighted by atomic mass is 9.99. The summed E-state index contributed by atoms with van der Waals surface area (Å²) in [5.74, 6) is -0.802. The highest BCUT2D eigenvalue weighted by Gasteiger charge is 2.38. The van der Waals surface area contributed by atoms with Gasteiger partial charge in [0, 0.05) is 41.2 Å². The molecule has 2 aromatic rings. The molecule has 2 amide bonds. The summed E-state index contributed by atoms with van der Waals surface area (Å²) in [6.45, 7) is 2.65. The molecular weight excluding hydrogens is 530 g/mol. The Labute approximate surface area is 207 Å². The summed E-state index contributed by atoms with van der Waals surface area (Å²) >= 11 is 9.32. The van der Waals surface area contributed by atoms with Gasteiger partial charge in [-0.2, -0.15) is 4.31 Å². The lowest BCUT2D eigenvalue weighted by Gasteiger charge is -2.32. The second kappa shape index (κ2) is 9.74. The van der Waals surface area contributed by atoms with Crippen molar-refractivity contribution in [2.75, 3.05) is 29.9 Å². The predicted octanol–water partition coefficient (Wildman–Crippen LogP) is 4.44. The monoisotopic (exact) mass is 553 g/mol. The Morgan fingerprint density at radius 3 is 2.61 bits per heavy atom. The van der Waals surface area contributed by atoms with E-state index < -0.39 is 15.9 Å². The molecule has 0 aliphatic carbocycles. The van der Waals surface area contributed by atoms with E-state index in [1.807, 2.05) is 6.07 Å². The zero-order valence-corrected chi connectivity index (χ0v) is 21.3. The van der Waals surface area contributed by atoms with Crippen molar-refractivity contribution >= 4 is 60.7 Å². The first-order valence-corrected chi connectivity index (χ1v) is 13.5. The molecule has 1 N–H and O–H groups in total. The van der Waals surface area contributed by atoms with Crippen molar-refractivity contribution in [1.82, 2.24) is 4.31 Å². The fraction of sp³-hybridized carbons (Fsp3) is 0.391. The number of anilines is 2. The first kappa shape index (κ1) is 24.2. The van der Waals surface area contributed by atoms with Crippen LogP contribution in [0.2, 0.25) is 5.02 Å². The molecule has 10 heteroatoms. The van der Waals surface area contributed by atoms with Gasteiger partial charge in [0.2, 0.25) is 21.8 Å². The van der Waals surface area contributed by atoms with E-state index in [0.717, 1.165) is 5.56 Å². The van der Waals surface area contributed by atoms with Crippen LogP contribution in [0.1, 0.15) is 31.7 Å². The minimum Gasteiger partial charge on any atom is -0.326 e. The Bertz CT molecular complexity index is 1190. The minimum atomic E-state index is -3.92. The van der Waals surface area contributed by atoms with E-state index >= 15 is 0 Å². The van der Waals surface area contributed by atoms with Gasteiger partial charge < -0.3 is 10.2 Å². The second-order valence-electron chi connectivity index (χ2n) is 8.26. The van der Waals surface area contributed by atoms with Crippen LogP contribution in [0, 0.1) is 5.92 Å². The lowest BCUT2D eigenvalue weighted by Crippen LogP contribution is -2.44. The molecular formula is C23H25BrClN3O4S. The van der Waals surface area contributed by atoms with E-state index in [0.29, 0.717) is 59.6 Å². The first-order valence-electron chi connectivity index (χ1n) is 10.9. The van der Waals surface area contributed by atoms with E-state index in [1.54, 1.807) is 42.2 Å². The van der Waals surface area contributed by atoms with Gasteiger partial charge in [0.05, 0.1) is 11.6 Å². The number of nitrogens with one attached hydrogen (secondary N) is 1. The Hall–Kier alpha value is -1.94. The van der Waals surface area contributed by atoms with E-state index in [1.165, 1.54) is 4.31 Å². The summed E-state index contributed by atoms with van der Waals surface area (Å²) in [7, 11) is -3.92. The predicted molar refractivity (Wildman–Crippen MR) is 132 cm³/mol. The molecule has 2 aromatic carbocycles. The summed E-state index contributed by atoms with van der Waals surface area (Å²) in [4.78, 5) is 27.0. The number of fused-ring (bicyclic) bond motifs is 1. The Morgan fingerprint density at radius 2 is 1.91 bits per heavy atom.